The number of benzene rings is 2. The van der Waals surface area contributed by atoms with Gasteiger partial charge >= 0.3 is 6.18 Å². The third-order valence-corrected chi connectivity index (χ3v) is 3.74. The van der Waals surface area contributed by atoms with Gasteiger partial charge in [-0.1, -0.05) is 26.0 Å². The Morgan fingerprint density at radius 2 is 1.93 bits per heavy atom. The second kappa shape index (κ2) is 8.58. The molecule has 2 N–H and O–H groups in total. The molecule has 2 aromatic carbocycles. The smallest absolute Gasteiger partial charge is 0.380 e. The highest BCUT2D eigenvalue weighted by molar-refractivity contribution is 5.90. The molecule has 0 saturated carbocycles. The second-order valence-electron chi connectivity index (χ2n) is 6.57. The van der Waals surface area contributed by atoms with Gasteiger partial charge in [0.25, 0.3) is 0 Å². The van der Waals surface area contributed by atoms with Gasteiger partial charge < -0.3 is 10.6 Å². The Labute approximate surface area is 156 Å². The molecule has 0 aromatic heterocycles. The number of anilines is 2. The monoisotopic (exact) mass is 375 g/mol. The minimum absolute atomic E-state index is 0.0530. The van der Waals surface area contributed by atoms with E-state index in [9.17, 15) is 18.0 Å². The van der Waals surface area contributed by atoms with E-state index >= 15 is 0 Å². The van der Waals surface area contributed by atoms with E-state index in [0.29, 0.717) is 12.1 Å². The summed E-state index contributed by atoms with van der Waals surface area (Å²) in [5.41, 5.74) is 0.270. The molecule has 0 heterocycles. The molecule has 2 rings (SSSR count). The second-order valence-corrected chi connectivity index (χ2v) is 6.57. The summed E-state index contributed by atoms with van der Waals surface area (Å²) in [7, 11) is 0. The topological polar surface area (TPSA) is 64.9 Å². The fraction of sp³-hybridized carbons (Fsp3) is 0.300. The van der Waals surface area contributed by atoms with Crippen molar-refractivity contribution in [3.63, 3.8) is 0 Å². The zero-order valence-electron chi connectivity index (χ0n) is 15.0. The third kappa shape index (κ3) is 6.03. The van der Waals surface area contributed by atoms with Gasteiger partial charge in [-0.15, -0.1) is 0 Å². The van der Waals surface area contributed by atoms with E-state index in [0.717, 1.165) is 11.6 Å². The molecule has 2 aromatic rings. The van der Waals surface area contributed by atoms with Gasteiger partial charge in [0, 0.05) is 24.3 Å². The Hall–Kier alpha value is -3.01. The number of alkyl halides is 3. The SMILES string of the molecule is CC(C)CC(=O)Nc1cccc(CNc2ccc(C#N)cc2C(F)(F)F)c1. The molecule has 0 unspecified atom stereocenters. The lowest BCUT2D eigenvalue weighted by molar-refractivity contribution is -0.137. The van der Waals surface area contributed by atoms with Crippen molar-refractivity contribution in [2.24, 2.45) is 5.92 Å². The Morgan fingerprint density at radius 3 is 2.56 bits per heavy atom. The first-order chi connectivity index (χ1) is 12.7. The molecule has 1 amide bonds. The highest BCUT2D eigenvalue weighted by Gasteiger charge is 2.33. The van der Waals surface area contributed by atoms with Gasteiger partial charge in [0.2, 0.25) is 5.91 Å². The molecule has 0 bridgehead atoms. The zero-order chi connectivity index (χ0) is 20.0. The van der Waals surface area contributed by atoms with Crippen molar-refractivity contribution in [1.82, 2.24) is 0 Å². The lowest BCUT2D eigenvalue weighted by atomic mass is 10.1. The summed E-state index contributed by atoms with van der Waals surface area (Å²) >= 11 is 0. The van der Waals surface area contributed by atoms with Crippen LogP contribution < -0.4 is 10.6 Å². The van der Waals surface area contributed by atoms with Gasteiger partial charge in [-0.05, 0) is 41.8 Å². The Balaban J connectivity index is 2.12. The van der Waals surface area contributed by atoms with Crippen LogP contribution in [0, 0.1) is 17.2 Å². The largest absolute Gasteiger partial charge is 0.418 e. The number of nitrogens with one attached hydrogen (secondary N) is 2. The molecule has 0 aliphatic carbocycles. The van der Waals surface area contributed by atoms with Crippen molar-refractivity contribution in [3.05, 3.63) is 59.2 Å². The molecule has 7 heteroatoms. The van der Waals surface area contributed by atoms with E-state index in [2.05, 4.69) is 10.6 Å². The minimum atomic E-state index is -4.57. The standard InChI is InChI=1S/C20H20F3N3O/c1-13(2)8-19(27)26-16-5-3-4-15(9-16)12-25-18-7-6-14(11-24)10-17(18)20(21,22)23/h3-7,9-10,13,25H,8,12H2,1-2H3,(H,26,27). The predicted octanol–water partition coefficient (Wildman–Crippen LogP) is 5.17. The molecule has 142 valence electrons. The van der Waals surface area contributed by atoms with Crippen LogP contribution in [0.5, 0.6) is 0 Å². The Kier molecular flexibility index (Phi) is 6.45. The molecule has 0 aliphatic rings. The summed E-state index contributed by atoms with van der Waals surface area (Å²) in [5.74, 6) is 0.119. The van der Waals surface area contributed by atoms with Crippen LogP contribution >= 0.6 is 0 Å². The quantitative estimate of drug-likeness (QED) is 0.732. The van der Waals surface area contributed by atoms with Gasteiger partial charge in [-0.25, -0.2) is 0 Å². The molecule has 0 saturated heterocycles. The third-order valence-electron chi connectivity index (χ3n) is 3.74. The van der Waals surface area contributed by atoms with Gasteiger partial charge in [-0.3, -0.25) is 4.79 Å². The van der Waals surface area contributed by atoms with E-state index < -0.39 is 11.7 Å². The molecule has 0 fully saturated rings. The van der Waals surface area contributed by atoms with Crippen LogP contribution in [0.25, 0.3) is 0 Å². The average molecular weight is 375 g/mol. The van der Waals surface area contributed by atoms with Crippen LogP contribution in [-0.2, 0) is 17.5 Å². The number of nitrogens with zero attached hydrogens (tertiary/aromatic N) is 1. The summed E-state index contributed by atoms with van der Waals surface area (Å²) in [6.45, 7) is 4.02. The zero-order valence-corrected chi connectivity index (χ0v) is 15.0. The van der Waals surface area contributed by atoms with E-state index in [1.807, 2.05) is 13.8 Å². The first-order valence-electron chi connectivity index (χ1n) is 8.43. The summed E-state index contributed by atoms with van der Waals surface area (Å²) < 4.78 is 39.6. The Bertz CT molecular complexity index is 854. The molecule has 4 nitrogen and oxygen atoms in total. The molecular formula is C20H20F3N3O. The van der Waals surface area contributed by atoms with Crippen LogP contribution in [0.15, 0.2) is 42.5 Å². The summed E-state index contributed by atoms with van der Waals surface area (Å²) in [5, 5.41) is 14.3. The van der Waals surface area contributed by atoms with E-state index in [1.165, 1.54) is 12.1 Å². The van der Waals surface area contributed by atoms with E-state index in [4.69, 9.17) is 5.26 Å². The fourth-order valence-electron chi connectivity index (χ4n) is 2.54. The number of carbonyl (C=O) groups excluding carboxylic acids is 1. The normalized spacial score (nSPS) is 11.1. The highest BCUT2D eigenvalue weighted by atomic mass is 19.4. The van der Waals surface area contributed by atoms with Crippen molar-refractivity contribution < 1.29 is 18.0 Å². The maximum atomic E-state index is 13.2. The van der Waals surface area contributed by atoms with Gasteiger partial charge in [-0.2, -0.15) is 18.4 Å². The molecule has 0 radical (unpaired) electrons. The molecule has 0 aliphatic heterocycles. The number of hydrogen-bond acceptors (Lipinski definition) is 3. The molecular weight excluding hydrogens is 355 g/mol. The number of amides is 1. The first kappa shape index (κ1) is 20.3. The van der Waals surface area contributed by atoms with Crippen molar-refractivity contribution >= 4 is 17.3 Å². The summed E-state index contributed by atoms with van der Waals surface area (Å²) in [4.78, 5) is 11.9. The van der Waals surface area contributed by atoms with Crippen molar-refractivity contribution in [2.45, 2.75) is 33.0 Å². The maximum absolute atomic E-state index is 13.2. The lowest BCUT2D eigenvalue weighted by Gasteiger charge is -2.15. The van der Waals surface area contributed by atoms with Gasteiger partial charge in [0.15, 0.2) is 0 Å². The maximum Gasteiger partial charge on any atom is 0.418 e. The van der Waals surface area contributed by atoms with Crippen molar-refractivity contribution in [2.75, 3.05) is 10.6 Å². The van der Waals surface area contributed by atoms with Gasteiger partial charge in [0.1, 0.15) is 0 Å². The number of rotatable bonds is 6. The number of nitriles is 1. The Morgan fingerprint density at radius 1 is 1.19 bits per heavy atom. The van der Waals surface area contributed by atoms with Crippen LogP contribution in [0.3, 0.4) is 0 Å². The number of halogens is 3. The average Bonchev–Trinajstić information content (AvgIpc) is 2.58. The number of hydrogen-bond donors (Lipinski definition) is 2. The molecule has 0 spiro atoms. The van der Waals surface area contributed by atoms with Crippen LogP contribution in [0.4, 0.5) is 24.5 Å². The molecule has 0 atom stereocenters. The molecule has 27 heavy (non-hydrogen) atoms. The van der Waals surface area contributed by atoms with E-state index in [-0.39, 0.29) is 29.6 Å². The predicted molar refractivity (Wildman–Crippen MR) is 98.0 cm³/mol. The van der Waals surface area contributed by atoms with Crippen LogP contribution in [-0.4, -0.2) is 5.91 Å². The lowest BCUT2D eigenvalue weighted by Crippen LogP contribution is -2.14. The minimum Gasteiger partial charge on any atom is -0.380 e. The van der Waals surface area contributed by atoms with Crippen LogP contribution in [0.2, 0.25) is 0 Å². The van der Waals surface area contributed by atoms with Crippen molar-refractivity contribution in [1.29, 1.82) is 5.26 Å². The van der Waals surface area contributed by atoms with Crippen molar-refractivity contribution in [3.8, 4) is 6.07 Å². The first-order valence-corrected chi connectivity index (χ1v) is 8.43. The highest BCUT2D eigenvalue weighted by Crippen LogP contribution is 2.35. The number of carbonyl (C=O) groups is 1. The van der Waals surface area contributed by atoms with E-state index in [1.54, 1.807) is 30.3 Å². The van der Waals surface area contributed by atoms with Gasteiger partial charge in [0.05, 0.1) is 17.2 Å². The summed E-state index contributed by atoms with van der Waals surface area (Å²) in [6.07, 6.45) is -4.18. The van der Waals surface area contributed by atoms with Crippen LogP contribution in [0.1, 0.15) is 37.0 Å². The fourth-order valence-corrected chi connectivity index (χ4v) is 2.54. The summed E-state index contributed by atoms with van der Waals surface area (Å²) in [6, 6.07) is 12.0.